The van der Waals surface area contributed by atoms with E-state index in [1.54, 1.807) is 0 Å². The molecule has 104 valence electrons. The zero-order valence-corrected chi connectivity index (χ0v) is 11.4. The van der Waals surface area contributed by atoms with Crippen molar-refractivity contribution < 1.29 is 19.4 Å². The van der Waals surface area contributed by atoms with Crippen molar-refractivity contribution in [1.29, 1.82) is 0 Å². The SMILES string of the molecule is C=C1COC(=O)[C@]12C[C@H]1CC[C@H](O)[C@@H](C)[C@@]1(C)C2=O. The molecule has 3 rings (SSSR count). The van der Waals surface area contributed by atoms with E-state index in [2.05, 4.69) is 6.58 Å². The molecule has 5 atom stereocenters. The normalized spacial score (nSPS) is 49.6. The number of aliphatic hydroxyl groups is 1. The number of esters is 1. The van der Waals surface area contributed by atoms with Crippen LogP contribution in [0.15, 0.2) is 12.2 Å². The summed E-state index contributed by atoms with van der Waals surface area (Å²) in [5.41, 5.74) is -1.17. The molecule has 4 heteroatoms. The first-order valence-electron chi connectivity index (χ1n) is 6.93. The summed E-state index contributed by atoms with van der Waals surface area (Å²) in [4.78, 5) is 25.1. The number of ketones is 1. The molecule has 0 aromatic heterocycles. The molecule has 1 spiro atoms. The maximum Gasteiger partial charge on any atom is 0.324 e. The van der Waals surface area contributed by atoms with Gasteiger partial charge in [-0.25, -0.2) is 0 Å². The van der Waals surface area contributed by atoms with Crippen LogP contribution in [0.2, 0.25) is 0 Å². The van der Waals surface area contributed by atoms with Crippen LogP contribution in [0.25, 0.3) is 0 Å². The Bertz CT molecular complexity index is 465. The highest BCUT2D eigenvalue weighted by molar-refractivity contribution is 6.12. The van der Waals surface area contributed by atoms with Gasteiger partial charge in [0.15, 0.2) is 11.2 Å². The summed E-state index contributed by atoms with van der Waals surface area (Å²) in [5.74, 6) is -0.497. The predicted octanol–water partition coefficient (Wildman–Crippen LogP) is 1.47. The molecule has 3 fully saturated rings. The first kappa shape index (κ1) is 12.9. The molecule has 19 heavy (non-hydrogen) atoms. The van der Waals surface area contributed by atoms with Crippen LogP contribution in [0.3, 0.4) is 0 Å². The van der Waals surface area contributed by atoms with E-state index < -0.39 is 22.9 Å². The fourth-order valence-electron chi connectivity index (χ4n) is 4.35. The first-order chi connectivity index (χ1) is 8.85. The van der Waals surface area contributed by atoms with Gasteiger partial charge in [-0.15, -0.1) is 0 Å². The van der Waals surface area contributed by atoms with E-state index in [9.17, 15) is 14.7 Å². The van der Waals surface area contributed by atoms with E-state index in [-0.39, 0.29) is 24.2 Å². The number of cyclic esters (lactones) is 1. The number of carbonyl (C=O) groups is 2. The highest BCUT2D eigenvalue weighted by Crippen LogP contribution is 2.62. The van der Waals surface area contributed by atoms with Gasteiger partial charge in [0.25, 0.3) is 0 Å². The third-order valence-electron chi connectivity index (χ3n) is 5.94. The zero-order chi connectivity index (χ0) is 14.0. The fraction of sp³-hybridized carbons (Fsp3) is 0.733. The third-order valence-corrected chi connectivity index (χ3v) is 5.94. The van der Waals surface area contributed by atoms with Gasteiger partial charge < -0.3 is 9.84 Å². The summed E-state index contributed by atoms with van der Waals surface area (Å²) >= 11 is 0. The Kier molecular flexibility index (Phi) is 2.50. The van der Waals surface area contributed by atoms with Crippen molar-refractivity contribution in [3.63, 3.8) is 0 Å². The van der Waals surface area contributed by atoms with E-state index in [1.165, 1.54) is 0 Å². The summed E-state index contributed by atoms with van der Waals surface area (Å²) in [6, 6.07) is 0. The smallest absolute Gasteiger partial charge is 0.324 e. The Hall–Kier alpha value is -1.16. The minimum atomic E-state index is -1.13. The van der Waals surface area contributed by atoms with Crippen LogP contribution in [0.4, 0.5) is 0 Å². The number of carbonyl (C=O) groups excluding carboxylic acids is 2. The molecule has 0 aromatic carbocycles. The van der Waals surface area contributed by atoms with E-state index >= 15 is 0 Å². The van der Waals surface area contributed by atoms with Gasteiger partial charge in [0.1, 0.15) is 6.61 Å². The second kappa shape index (κ2) is 3.69. The van der Waals surface area contributed by atoms with Gasteiger partial charge in [-0.2, -0.15) is 0 Å². The van der Waals surface area contributed by atoms with Crippen LogP contribution in [0.1, 0.15) is 33.1 Å². The molecule has 0 bridgehead atoms. The van der Waals surface area contributed by atoms with Gasteiger partial charge in [-0.05, 0) is 36.7 Å². The molecule has 1 aliphatic heterocycles. The Balaban J connectivity index is 2.09. The summed E-state index contributed by atoms with van der Waals surface area (Å²) in [5, 5.41) is 10.1. The predicted molar refractivity (Wildman–Crippen MR) is 68.2 cm³/mol. The molecule has 2 aliphatic carbocycles. The number of hydrogen-bond acceptors (Lipinski definition) is 4. The fourth-order valence-corrected chi connectivity index (χ4v) is 4.35. The molecule has 0 unspecified atom stereocenters. The molecule has 1 saturated heterocycles. The van der Waals surface area contributed by atoms with Crippen LogP contribution in [0, 0.1) is 22.7 Å². The van der Waals surface area contributed by atoms with Crippen LogP contribution >= 0.6 is 0 Å². The van der Waals surface area contributed by atoms with Crippen molar-refractivity contribution in [1.82, 2.24) is 0 Å². The molecular formula is C15H20O4. The van der Waals surface area contributed by atoms with E-state index in [4.69, 9.17) is 4.74 Å². The van der Waals surface area contributed by atoms with Crippen molar-refractivity contribution in [2.75, 3.05) is 6.61 Å². The topological polar surface area (TPSA) is 63.6 Å². The van der Waals surface area contributed by atoms with Crippen LogP contribution < -0.4 is 0 Å². The quantitative estimate of drug-likeness (QED) is 0.409. The highest BCUT2D eigenvalue weighted by atomic mass is 16.5. The Labute approximate surface area is 112 Å². The highest BCUT2D eigenvalue weighted by Gasteiger charge is 2.69. The molecule has 0 amide bonds. The van der Waals surface area contributed by atoms with Gasteiger partial charge in [-0.1, -0.05) is 20.4 Å². The second-order valence-corrected chi connectivity index (χ2v) is 6.53. The Morgan fingerprint density at radius 3 is 2.63 bits per heavy atom. The van der Waals surface area contributed by atoms with Crippen LogP contribution in [0.5, 0.6) is 0 Å². The van der Waals surface area contributed by atoms with Crippen molar-refractivity contribution in [3.05, 3.63) is 12.2 Å². The number of aliphatic hydroxyl groups excluding tert-OH is 1. The van der Waals surface area contributed by atoms with Crippen molar-refractivity contribution >= 4 is 11.8 Å². The van der Waals surface area contributed by atoms with Crippen LogP contribution in [-0.2, 0) is 14.3 Å². The molecule has 2 saturated carbocycles. The molecule has 3 aliphatic rings. The van der Waals surface area contributed by atoms with E-state index in [0.717, 1.165) is 6.42 Å². The lowest BCUT2D eigenvalue weighted by molar-refractivity contribution is -0.152. The van der Waals surface area contributed by atoms with Gasteiger partial charge in [0.2, 0.25) is 0 Å². The van der Waals surface area contributed by atoms with Gasteiger partial charge in [0.05, 0.1) is 6.10 Å². The first-order valence-corrected chi connectivity index (χ1v) is 6.93. The van der Waals surface area contributed by atoms with Gasteiger partial charge in [-0.3, -0.25) is 9.59 Å². The lowest BCUT2D eigenvalue weighted by Crippen LogP contribution is -2.48. The molecule has 1 heterocycles. The van der Waals surface area contributed by atoms with Crippen LogP contribution in [-0.4, -0.2) is 29.6 Å². The summed E-state index contributed by atoms with van der Waals surface area (Å²) < 4.78 is 5.06. The number of Topliss-reactive ketones (excluding diaryl/α,β-unsaturated/α-hetero) is 1. The molecule has 0 aromatic rings. The minimum absolute atomic E-state index is 0.0799. The number of fused-ring (bicyclic) bond motifs is 1. The molecule has 1 N–H and O–H groups in total. The maximum absolute atomic E-state index is 13.0. The monoisotopic (exact) mass is 264 g/mol. The standard InChI is InChI=1S/C15H20O4/c1-8-7-19-13(18)15(8)6-10-4-5-11(16)9(2)14(10,3)12(15)17/h9-11,16H,1,4-7H2,2-3H3/t9-,10-,11+,14-,15-/m1/s1. The average molecular weight is 264 g/mol. The van der Waals surface area contributed by atoms with Crippen molar-refractivity contribution in [2.24, 2.45) is 22.7 Å². The van der Waals surface area contributed by atoms with Crippen molar-refractivity contribution in [2.45, 2.75) is 39.2 Å². The molecule has 4 nitrogen and oxygen atoms in total. The number of hydrogen-bond donors (Lipinski definition) is 1. The summed E-state index contributed by atoms with van der Waals surface area (Å²) in [6.45, 7) is 7.87. The Morgan fingerprint density at radius 2 is 2.05 bits per heavy atom. The number of ether oxygens (including phenoxy) is 1. The minimum Gasteiger partial charge on any atom is -0.460 e. The van der Waals surface area contributed by atoms with Gasteiger partial charge in [0, 0.05) is 5.41 Å². The third kappa shape index (κ3) is 1.28. The van der Waals surface area contributed by atoms with E-state index in [1.807, 2.05) is 13.8 Å². The Morgan fingerprint density at radius 1 is 1.37 bits per heavy atom. The lowest BCUT2D eigenvalue weighted by Gasteiger charge is -2.43. The maximum atomic E-state index is 13.0. The zero-order valence-electron chi connectivity index (χ0n) is 11.4. The van der Waals surface area contributed by atoms with Crippen molar-refractivity contribution in [3.8, 4) is 0 Å². The molecular weight excluding hydrogens is 244 g/mol. The largest absolute Gasteiger partial charge is 0.460 e. The van der Waals surface area contributed by atoms with E-state index in [0.29, 0.717) is 18.4 Å². The molecule has 0 radical (unpaired) electrons. The summed E-state index contributed by atoms with van der Waals surface area (Å²) in [6.07, 6.45) is 1.53. The summed E-state index contributed by atoms with van der Waals surface area (Å²) in [7, 11) is 0. The second-order valence-electron chi connectivity index (χ2n) is 6.53. The van der Waals surface area contributed by atoms with Gasteiger partial charge >= 0.3 is 5.97 Å². The average Bonchev–Trinajstić information content (AvgIpc) is 2.79. The number of rotatable bonds is 0. The lowest BCUT2D eigenvalue weighted by atomic mass is 9.61.